The Morgan fingerprint density at radius 1 is 1.43 bits per heavy atom. The topological polar surface area (TPSA) is 94.1 Å². The summed E-state index contributed by atoms with van der Waals surface area (Å²) >= 11 is 0. The second kappa shape index (κ2) is 5.65. The first kappa shape index (κ1) is 15.2. The van der Waals surface area contributed by atoms with Crippen LogP contribution in [0.4, 0.5) is 11.4 Å². The van der Waals surface area contributed by atoms with Crippen LogP contribution in [0.25, 0.3) is 10.9 Å². The molecule has 0 aliphatic carbocycles. The third-order valence-corrected chi connectivity index (χ3v) is 4.06. The van der Waals surface area contributed by atoms with Crippen LogP contribution in [0.15, 0.2) is 30.5 Å². The molecule has 2 rings (SSSR count). The summed E-state index contributed by atoms with van der Waals surface area (Å²) in [6.45, 7) is 6.42. The van der Waals surface area contributed by atoms with Crippen LogP contribution < -0.4 is 11.1 Å². The molecule has 3 N–H and O–H groups in total. The fourth-order valence-electron chi connectivity index (χ4n) is 2.12. The molecule has 0 fully saturated rings. The van der Waals surface area contributed by atoms with E-state index in [0.717, 1.165) is 5.39 Å². The first-order valence-electron chi connectivity index (χ1n) is 6.89. The van der Waals surface area contributed by atoms with E-state index < -0.39 is 10.5 Å². The van der Waals surface area contributed by atoms with E-state index in [1.54, 1.807) is 0 Å². The second-order valence-electron chi connectivity index (χ2n) is 5.69. The fourth-order valence-corrected chi connectivity index (χ4v) is 2.12. The lowest BCUT2D eigenvalue weighted by atomic mass is 9.88. The Bertz CT molecular complexity index is 672. The first-order valence-corrected chi connectivity index (χ1v) is 6.89. The average Bonchev–Trinajstić information content (AvgIpc) is 2.46. The Hall–Kier alpha value is -2.21. The van der Waals surface area contributed by atoms with Crippen molar-refractivity contribution in [2.45, 2.75) is 26.3 Å². The van der Waals surface area contributed by atoms with Crippen LogP contribution in [0.2, 0.25) is 0 Å². The summed E-state index contributed by atoms with van der Waals surface area (Å²) in [7, 11) is 0. The molecular formula is C15H20N4O2. The van der Waals surface area contributed by atoms with Gasteiger partial charge >= 0.3 is 5.69 Å². The van der Waals surface area contributed by atoms with Crippen LogP contribution >= 0.6 is 0 Å². The third kappa shape index (κ3) is 2.80. The van der Waals surface area contributed by atoms with Gasteiger partial charge in [-0.05, 0) is 18.9 Å². The number of anilines is 1. The van der Waals surface area contributed by atoms with E-state index in [1.165, 1.54) is 6.20 Å². The Balaban J connectivity index is 2.64. The summed E-state index contributed by atoms with van der Waals surface area (Å²) in [4.78, 5) is 15.0. The molecule has 0 radical (unpaired) electrons. The average molecular weight is 288 g/mol. The van der Waals surface area contributed by atoms with Crippen molar-refractivity contribution in [3.05, 3.63) is 40.6 Å². The minimum absolute atomic E-state index is 0.0333. The maximum Gasteiger partial charge on any atom is 0.311 e. The lowest BCUT2D eigenvalue weighted by Crippen LogP contribution is -2.47. The number of hydrogen-bond acceptors (Lipinski definition) is 5. The molecule has 0 saturated heterocycles. The maximum atomic E-state index is 11.3. The molecule has 112 valence electrons. The molecule has 0 aliphatic rings. The minimum Gasteiger partial charge on any atom is -0.372 e. The van der Waals surface area contributed by atoms with Gasteiger partial charge in [0.2, 0.25) is 0 Å². The number of pyridine rings is 1. The summed E-state index contributed by atoms with van der Waals surface area (Å²) in [5.41, 5.74) is 6.60. The number of nitrogens with zero attached hydrogens (tertiary/aromatic N) is 2. The Morgan fingerprint density at radius 3 is 2.67 bits per heavy atom. The van der Waals surface area contributed by atoms with Crippen molar-refractivity contribution in [3.8, 4) is 0 Å². The number of nitrogens with one attached hydrogen (secondary N) is 1. The zero-order chi connectivity index (χ0) is 15.6. The van der Waals surface area contributed by atoms with Crippen molar-refractivity contribution >= 4 is 22.3 Å². The van der Waals surface area contributed by atoms with E-state index in [2.05, 4.69) is 10.3 Å². The summed E-state index contributed by atoms with van der Waals surface area (Å²) in [5.74, 6) is 0.217. The zero-order valence-corrected chi connectivity index (χ0v) is 12.5. The molecule has 1 aromatic heterocycles. The second-order valence-corrected chi connectivity index (χ2v) is 5.69. The van der Waals surface area contributed by atoms with E-state index in [1.807, 2.05) is 45.0 Å². The van der Waals surface area contributed by atoms with E-state index >= 15 is 0 Å². The fraction of sp³-hybridized carbons (Fsp3) is 0.400. The highest BCUT2D eigenvalue weighted by Gasteiger charge is 2.30. The molecule has 0 aliphatic heterocycles. The van der Waals surface area contributed by atoms with Gasteiger partial charge in [-0.1, -0.05) is 32.0 Å². The van der Waals surface area contributed by atoms with Crippen LogP contribution in [-0.2, 0) is 0 Å². The Labute approximate surface area is 123 Å². The van der Waals surface area contributed by atoms with Crippen LogP contribution in [0.3, 0.4) is 0 Å². The molecule has 1 atom stereocenters. The molecule has 21 heavy (non-hydrogen) atoms. The van der Waals surface area contributed by atoms with Gasteiger partial charge in [0.05, 0.1) is 10.4 Å². The highest BCUT2D eigenvalue weighted by Crippen LogP contribution is 2.34. The number of aromatic nitrogens is 1. The number of nitro groups is 1. The van der Waals surface area contributed by atoms with Gasteiger partial charge in [-0.2, -0.15) is 0 Å². The van der Waals surface area contributed by atoms with Gasteiger partial charge in [0.1, 0.15) is 11.9 Å². The van der Waals surface area contributed by atoms with Gasteiger partial charge in [0, 0.05) is 17.5 Å². The molecule has 6 nitrogen and oxygen atoms in total. The van der Waals surface area contributed by atoms with E-state index in [4.69, 9.17) is 5.73 Å². The molecule has 0 amide bonds. The van der Waals surface area contributed by atoms with Crippen LogP contribution in [0.1, 0.15) is 20.8 Å². The van der Waals surface area contributed by atoms with Gasteiger partial charge in [-0.15, -0.1) is 0 Å². The van der Waals surface area contributed by atoms with Crippen LogP contribution in [0.5, 0.6) is 0 Å². The number of para-hydroxylation sites is 1. The number of fused-ring (bicyclic) bond motifs is 1. The number of nitrogens with two attached hydrogens (primary N) is 1. The van der Waals surface area contributed by atoms with Crippen LogP contribution in [0, 0.1) is 16.0 Å². The van der Waals surface area contributed by atoms with Gasteiger partial charge in [-0.3, -0.25) is 10.1 Å². The molecule has 2 aromatic rings. The smallest absolute Gasteiger partial charge is 0.311 e. The molecule has 0 bridgehead atoms. The predicted molar refractivity (Wildman–Crippen MR) is 84.3 cm³/mol. The summed E-state index contributed by atoms with van der Waals surface area (Å²) in [6.07, 6.45) is 1.29. The highest BCUT2D eigenvalue weighted by molar-refractivity contribution is 5.95. The summed E-state index contributed by atoms with van der Waals surface area (Å²) < 4.78 is 0. The number of rotatable bonds is 5. The van der Waals surface area contributed by atoms with Crippen molar-refractivity contribution in [3.63, 3.8) is 0 Å². The van der Waals surface area contributed by atoms with Gasteiger partial charge in [0.25, 0.3) is 0 Å². The monoisotopic (exact) mass is 288 g/mol. The lowest BCUT2D eigenvalue weighted by Gasteiger charge is -2.34. The van der Waals surface area contributed by atoms with Gasteiger partial charge < -0.3 is 11.1 Å². The molecular weight excluding hydrogens is 268 g/mol. The molecule has 1 unspecified atom stereocenters. The quantitative estimate of drug-likeness (QED) is 0.651. The SMILES string of the molecule is CC(C)C(C)(CN)Nc1c([N+](=O)[O-])cnc2ccccc12. The Kier molecular flexibility index (Phi) is 4.09. The van der Waals surface area contributed by atoms with E-state index in [9.17, 15) is 10.1 Å². The molecule has 0 spiro atoms. The molecule has 6 heteroatoms. The summed E-state index contributed by atoms with van der Waals surface area (Å²) in [5, 5.41) is 15.3. The van der Waals surface area contributed by atoms with Crippen molar-refractivity contribution in [1.82, 2.24) is 4.98 Å². The standard InChI is InChI=1S/C15H20N4O2/c1-10(2)15(3,9-16)18-14-11-6-4-5-7-12(11)17-8-13(14)19(20)21/h4-8,10H,9,16H2,1-3H3,(H,17,18). The highest BCUT2D eigenvalue weighted by atomic mass is 16.6. The van der Waals surface area contributed by atoms with Crippen molar-refractivity contribution in [1.29, 1.82) is 0 Å². The molecule has 1 heterocycles. The van der Waals surface area contributed by atoms with Gasteiger partial charge in [-0.25, -0.2) is 4.98 Å². The van der Waals surface area contributed by atoms with E-state index in [0.29, 0.717) is 17.7 Å². The number of benzene rings is 1. The molecule has 0 saturated carbocycles. The van der Waals surface area contributed by atoms with Crippen molar-refractivity contribution in [2.75, 3.05) is 11.9 Å². The predicted octanol–water partition coefficient (Wildman–Crippen LogP) is 2.93. The zero-order valence-electron chi connectivity index (χ0n) is 12.5. The van der Waals surface area contributed by atoms with Crippen molar-refractivity contribution < 1.29 is 4.92 Å². The van der Waals surface area contributed by atoms with E-state index in [-0.39, 0.29) is 11.6 Å². The van der Waals surface area contributed by atoms with Gasteiger partial charge in [0.15, 0.2) is 0 Å². The minimum atomic E-state index is -0.436. The molecule has 1 aromatic carbocycles. The third-order valence-electron chi connectivity index (χ3n) is 4.06. The lowest BCUT2D eigenvalue weighted by molar-refractivity contribution is -0.384. The van der Waals surface area contributed by atoms with Crippen molar-refractivity contribution in [2.24, 2.45) is 11.7 Å². The Morgan fingerprint density at radius 2 is 2.10 bits per heavy atom. The van der Waals surface area contributed by atoms with Crippen LogP contribution in [-0.4, -0.2) is 22.0 Å². The number of hydrogen-bond donors (Lipinski definition) is 2. The largest absolute Gasteiger partial charge is 0.372 e. The summed E-state index contributed by atoms with van der Waals surface area (Å²) in [6, 6.07) is 7.36. The normalized spacial score (nSPS) is 14.1. The first-order chi connectivity index (χ1) is 9.89. The maximum absolute atomic E-state index is 11.3.